The first-order valence-corrected chi connectivity index (χ1v) is 8.03. The minimum Gasteiger partial charge on any atom is -0.494 e. The van der Waals surface area contributed by atoms with Crippen LogP contribution in [-0.4, -0.2) is 28.3 Å². The number of hydrogen-bond acceptors (Lipinski definition) is 6. The molecule has 2 aromatic heterocycles. The van der Waals surface area contributed by atoms with E-state index in [2.05, 4.69) is 14.7 Å². The topological polar surface area (TPSA) is 101 Å². The Labute approximate surface area is 154 Å². The highest BCUT2D eigenvalue weighted by atomic mass is 19.3. The van der Waals surface area contributed by atoms with E-state index in [1.807, 2.05) is 13.0 Å². The van der Waals surface area contributed by atoms with Crippen LogP contribution in [0.3, 0.4) is 0 Å². The highest BCUT2D eigenvalue weighted by molar-refractivity contribution is 5.75. The van der Waals surface area contributed by atoms with Gasteiger partial charge in [0, 0.05) is 29.6 Å². The number of nitrogens with two attached hydrogens (primary N) is 2. The first-order chi connectivity index (χ1) is 12.8. The lowest BCUT2D eigenvalue weighted by atomic mass is 10.1. The number of halogens is 2. The highest BCUT2D eigenvalue weighted by Gasteiger charge is 2.22. The van der Waals surface area contributed by atoms with E-state index >= 15 is 0 Å². The van der Waals surface area contributed by atoms with E-state index in [0.29, 0.717) is 23.0 Å². The van der Waals surface area contributed by atoms with Gasteiger partial charge in [0.25, 0.3) is 0 Å². The van der Waals surface area contributed by atoms with Gasteiger partial charge in [-0.05, 0) is 26.0 Å². The highest BCUT2D eigenvalue weighted by Crippen LogP contribution is 2.38. The maximum absolute atomic E-state index is 12.7. The van der Waals surface area contributed by atoms with E-state index in [4.69, 9.17) is 16.2 Å². The van der Waals surface area contributed by atoms with Crippen molar-refractivity contribution in [2.24, 2.45) is 0 Å². The van der Waals surface area contributed by atoms with Gasteiger partial charge in [0.15, 0.2) is 0 Å². The fourth-order valence-electron chi connectivity index (χ4n) is 2.80. The molecule has 7 nitrogen and oxygen atoms in total. The zero-order chi connectivity index (χ0) is 19.7. The van der Waals surface area contributed by atoms with Crippen molar-refractivity contribution in [3.63, 3.8) is 0 Å². The number of nitrogen functional groups attached to an aromatic ring is 2. The molecule has 0 aliphatic heterocycles. The molecule has 27 heavy (non-hydrogen) atoms. The predicted octanol–water partition coefficient (Wildman–Crippen LogP) is 3.33. The molecule has 0 unspecified atom stereocenters. The maximum Gasteiger partial charge on any atom is 0.387 e. The molecule has 0 aliphatic carbocycles. The van der Waals surface area contributed by atoms with Crippen LogP contribution in [0.5, 0.6) is 11.5 Å². The molecular formula is C18H19F2N5O2. The van der Waals surface area contributed by atoms with Gasteiger partial charge in [-0.25, -0.2) is 4.98 Å². The van der Waals surface area contributed by atoms with Gasteiger partial charge >= 0.3 is 6.61 Å². The summed E-state index contributed by atoms with van der Waals surface area (Å²) in [4.78, 5) is 8.79. The first-order valence-electron chi connectivity index (χ1n) is 8.03. The first kappa shape index (κ1) is 18.4. The standard InChI is InChI=1S/C18H19F2N5O2/c1-9-12(5-4-6-23-9)17-24-10(2)16(22)25(17)13-7-11(27-18(19)20)8-14(26-3)15(13)21/h4-8,18H,21-22H2,1-3H3. The van der Waals surface area contributed by atoms with Crippen LogP contribution >= 0.6 is 0 Å². The van der Waals surface area contributed by atoms with Crippen LogP contribution in [0, 0.1) is 13.8 Å². The Morgan fingerprint density at radius 3 is 2.52 bits per heavy atom. The number of hydrogen-bond donors (Lipinski definition) is 2. The van der Waals surface area contributed by atoms with Crippen molar-refractivity contribution >= 4 is 11.5 Å². The second-order valence-corrected chi connectivity index (χ2v) is 5.81. The molecule has 3 rings (SSSR count). The van der Waals surface area contributed by atoms with Crippen LogP contribution in [-0.2, 0) is 0 Å². The lowest BCUT2D eigenvalue weighted by Gasteiger charge is -2.17. The molecular weight excluding hydrogens is 356 g/mol. The van der Waals surface area contributed by atoms with Gasteiger partial charge in [0.05, 0.1) is 24.2 Å². The number of benzene rings is 1. The predicted molar refractivity (Wildman–Crippen MR) is 98.3 cm³/mol. The third kappa shape index (κ3) is 3.35. The van der Waals surface area contributed by atoms with E-state index < -0.39 is 6.61 Å². The number of pyridine rings is 1. The van der Waals surface area contributed by atoms with Crippen molar-refractivity contribution in [1.82, 2.24) is 14.5 Å². The van der Waals surface area contributed by atoms with Crippen molar-refractivity contribution in [3.8, 4) is 28.6 Å². The fraction of sp³-hybridized carbons (Fsp3) is 0.222. The van der Waals surface area contributed by atoms with Gasteiger partial charge in [-0.15, -0.1) is 0 Å². The summed E-state index contributed by atoms with van der Waals surface area (Å²) in [6, 6.07) is 6.27. The molecule has 0 spiro atoms. The van der Waals surface area contributed by atoms with Gasteiger partial charge in [-0.2, -0.15) is 8.78 Å². The van der Waals surface area contributed by atoms with E-state index in [0.717, 1.165) is 11.3 Å². The zero-order valence-electron chi connectivity index (χ0n) is 15.0. The molecule has 0 saturated heterocycles. The number of imidazole rings is 1. The molecule has 3 aromatic rings. The van der Waals surface area contributed by atoms with Crippen molar-refractivity contribution in [2.75, 3.05) is 18.6 Å². The van der Waals surface area contributed by atoms with E-state index in [9.17, 15) is 8.78 Å². The average Bonchev–Trinajstić information content (AvgIpc) is 2.91. The van der Waals surface area contributed by atoms with Crippen LogP contribution in [0.2, 0.25) is 0 Å². The number of methoxy groups -OCH3 is 1. The number of alkyl halides is 2. The normalized spacial score (nSPS) is 11.0. The molecule has 9 heteroatoms. The minimum atomic E-state index is -2.99. The van der Waals surface area contributed by atoms with Crippen LogP contribution in [0.1, 0.15) is 11.4 Å². The molecule has 4 N–H and O–H groups in total. The number of anilines is 2. The molecule has 0 atom stereocenters. The second-order valence-electron chi connectivity index (χ2n) is 5.81. The molecule has 0 fully saturated rings. The molecule has 0 aliphatic rings. The van der Waals surface area contributed by atoms with Crippen molar-refractivity contribution in [2.45, 2.75) is 20.5 Å². The molecule has 0 bridgehead atoms. The summed E-state index contributed by atoms with van der Waals surface area (Å²) in [5, 5.41) is 0. The van der Waals surface area contributed by atoms with Gasteiger partial charge < -0.3 is 20.9 Å². The summed E-state index contributed by atoms with van der Waals surface area (Å²) in [5.74, 6) is 0.878. The Kier molecular flexibility index (Phi) is 4.85. The van der Waals surface area contributed by atoms with Gasteiger partial charge in [0.2, 0.25) is 0 Å². The Hall–Kier alpha value is -3.36. The number of rotatable bonds is 5. The summed E-state index contributed by atoms with van der Waals surface area (Å²) in [5.41, 5.74) is 15.0. The lowest BCUT2D eigenvalue weighted by molar-refractivity contribution is -0.0499. The van der Waals surface area contributed by atoms with Gasteiger partial charge in [0.1, 0.15) is 23.1 Å². The molecule has 2 heterocycles. The molecule has 1 aromatic carbocycles. The summed E-state index contributed by atoms with van der Waals surface area (Å²) in [6.07, 6.45) is 1.66. The largest absolute Gasteiger partial charge is 0.494 e. The Balaban J connectivity index is 2.30. The molecule has 142 valence electrons. The van der Waals surface area contributed by atoms with E-state index in [1.54, 1.807) is 23.8 Å². The Morgan fingerprint density at radius 1 is 1.15 bits per heavy atom. The number of ether oxygens (including phenoxy) is 2. The smallest absolute Gasteiger partial charge is 0.387 e. The van der Waals surface area contributed by atoms with Crippen molar-refractivity contribution < 1.29 is 18.3 Å². The summed E-state index contributed by atoms with van der Waals surface area (Å²) in [6.45, 7) is 0.585. The SMILES string of the molecule is COc1cc(OC(F)F)cc(-n2c(-c3cccnc3C)nc(C)c2N)c1N. The number of aromatic nitrogens is 3. The van der Waals surface area contributed by atoms with Gasteiger partial charge in [-0.3, -0.25) is 9.55 Å². The van der Waals surface area contributed by atoms with Crippen LogP contribution < -0.4 is 20.9 Å². The van der Waals surface area contributed by atoms with Crippen LogP contribution in [0.15, 0.2) is 30.5 Å². The monoisotopic (exact) mass is 375 g/mol. The van der Waals surface area contributed by atoms with Crippen LogP contribution in [0.4, 0.5) is 20.3 Å². The quantitative estimate of drug-likeness (QED) is 0.664. The third-order valence-corrected chi connectivity index (χ3v) is 4.12. The zero-order valence-corrected chi connectivity index (χ0v) is 15.0. The fourth-order valence-corrected chi connectivity index (χ4v) is 2.80. The minimum absolute atomic E-state index is 0.106. The average molecular weight is 375 g/mol. The molecule has 0 amide bonds. The van der Waals surface area contributed by atoms with Gasteiger partial charge in [-0.1, -0.05) is 0 Å². The number of nitrogens with zero attached hydrogens (tertiary/aromatic N) is 3. The van der Waals surface area contributed by atoms with E-state index in [1.165, 1.54) is 19.2 Å². The molecule has 0 radical (unpaired) electrons. The van der Waals surface area contributed by atoms with Crippen molar-refractivity contribution in [3.05, 3.63) is 41.9 Å². The van der Waals surface area contributed by atoms with Crippen LogP contribution in [0.25, 0.3) is 17.1 Å². The maximum atomic E-state index is 12.7. The summed E-state index contributed by atoms with van der Waals surface area (Å²) in [7, 11) is 1.39. The van der Waals surface area contributed by atoms with E-state index in [-0.39, 0.29) is 17.2 Å². The molecule has 0 saturated carbocycles. The number of aryl methyl sites for hydroxylation is 2. The Bertz CT molecular complexity index is 988. The summed E-state index contributed by atoms with van der Waals surface area (Å²) < 4.78 is 36.8. The summed E-state index contributed by atoms with van der Waals surface area (Å²) >= 11 is 0. The second kappa shape index (κ2) is 7.10. The third-order valence-electron chi connectivity index (χ3n) is 4.12. The van der Waals surface area contributed by atoms with Crippen molar-refractivity contribution in [1.29, 1.82) is 0 Å². The lowest BCUT2D eigenvalue weighted by Crippen LogP contribution is -2.09. The Morgan fingerprint density at radius 2 is 1.89 bits per heavy atom.